The number of carbonyl (C=O) groups excluding carboxylic acids is 2. The van der Waals surface area contributed by atoms with Gasteiger partial charge in [-0.2, -0.15) is 0 Å². The summed E-state index contributed by atoms with van der Waals surface area (Å²) in [5, 5.41) is 15.0. The van der Waals surface area contributed by atoms with E-state index in [1.165, 1.54) is 18.2 Å². The first-order valence-corrected chi connectivity index (χ1v) is 12.5. The quantitative estimate of drug-likeness (QED) is 0.278. The van der Waals surface area contributed by atoms with Crippen LogP contribution in [0.4, 0.5) is 16.2 Å². The monoisotopic (exact) mass is 533 g/mol. The molecule has 0 bridgehead atoms. The predicted molar refractivity (Wildman–Crippen MR) is 147 cm³/mol. The molecule has 0 unspecified atom stereocenters. The summed E-state index contributed by atoms with van der Waals surface area (Å²) in [5.74, 6) is -1.59. The molecule has 0 fully saturated rings. The third-order valence-corrected chi connectivity index (χ3v) is 6.45. The highest BCUT2D eigenvalue weighted by molar-refractivity contribution is 6.31. The summed E-state index contributed by atoms with van der Waals surface area (Å²) in [4.78, 5) is 36.6. The number of aliphatic carboxylic acids is 1. The van der Waals surface area contributed by atoms with Crippen molar-refractivity contribution in [1.29, 1.82) is 0 Å². The molecule has 0 aromatic heterocycles. The minimum absolute atomic E-state index is 0.105. The topological polar surface area (TPSA) is 131 Å². The highest BCUT2D eigenvalue weighted by Gasteiger charge is 2.22. The summed E-state index contributed by atoms with van der Waals surface area (Å²) in [6, 6.07) is 19.4. The molecule has 5 N–H and O–H groups in total. The van der Waals surface area contributed by atoms with Gasteiger partial charge in [-0.1, -0.05) is 54.1 Å². The number of ether oxygens (including phenoxy) is 1. The number of halogens is 1. The van der Waals surface area contributed by atoms with Crippen molar-refractivity contribution in [2.75, 3.05) is 10.6 Å². The van der Waals surface area contributed by atoms with E-state index in [-0.39, 0.29) is 29.7 Å². The Hall–Kier alpha value is -4.14. The van der Waals surface area contributed by atoms with Gasteiger partial charge in [0, 0.05) is 28.5 Å². The normalized spacial score (nSPS) is 14.8. The van der Waals surface area contributed by atoms with E-state index in [0.29, 0.717) is 30.6 Å². The zero-order chi connectivity index (χ0) is 27.1. The van der Waals surface area contributed by atoms with Gasteiger partial charge in [-0.15, -0.1) is 0 Å². The van der Waals surface area contributed by atoms with Crippen molar-refractivity contribution in [2.45, 2.75) is 32.4 Å². The molecule has 0 spiro atoms. The molecule has 0 saturated heterocycles. The van der Waals surface area contributed by atoms with Gasteiger partial charge in [-0.3, -0.25) is 14.9 Å². The van der Waals surface area contributed by atoms with Crippen molar-refractivity contribution < 1.29 is 24.2 Å². The molecule has 3 aromatic rings. The number of nitrogens with two attached hydrogens (primary N) is 1. The first kappa shape index (κ1) is 26.9. The van der Waals surface area contributed by atoms with E-state index < -0.39 is 18.0 Å². The van der Waals surface area contributed by atoms with Crippen LogP contribution in [0.5, 0.6) is 0 Å². The molecule has 9 heteroatoms. The van der Waals surface area contributed by atoms with Crippen LogP contribution in [0.25, 0.3) is 5.57 Å². The van der Waals surface area contributed by atoms with Crippen molar-refractivity contribution in [3.8, 4) is 0 Å². The van der Waals surface area contributed by atoms with Crippen LogP contribution in [0.2, 0.25) is 5.02 Å². The molecule has 38 heavy (non-hydrogen) atoms. The van der Waals surface area contributed by atoms with Crippen LogP contribution in [-0.4, -0.2) is 23.1 Å². The standard InChI is InChI=1S/C29H28ClN3O5/c30-24-12-23(14-26(15-24)33-29(37)38-17-18-4-2-1-3-5-18)27(34)32-25-11-19(16-31)10-22(13-25)20-6-8-21(9-7-20)28(35)36/h1-6,10-15,21H,7-9,16-17,31H2,(H,32,34)(H,33,37)(H,35,36)/t21-/m0/s1. The maximum Gasteiger partial charge on any atom is 0.411 e. The molecular weight excluding hydrogens is 506 g/mol. The van der Waals surface area contributed by atoms with Crippen molar-refractivity contribution in [1.82, 2.24) is 0 Å². The molecule has 1 atom stereocenters. The Bertz CT molecular complexity index is 1370. The van der Waals surface area contributed by atoms with Crippen LogP contribution >= 0.6 is 11.6 Å². The van der Waals surface area contributed by atoms with E-state index >= 15 is 0 Å². The maximum atomic E-state index is 13.1. The summed E-state index contributed by atoms with van der Waals surface area (Å²) < 4.78 is 5.24. The molecule has 3 aromatic carbocycles. The zero-order valence-corrected chi connectivity index (χ0v) is 21.3. The third kappa shape index (κ3) is 7.21. The fourth-order valence-corrected chi connectivity index (χ4v) is 4.50. The van der Waals surface area contributed by atoms with Gasteiger partial charge < -0.3 is 20.9 Å². The Balaban J connectivity index is 1.46. The summed E-state index contributed by atoms with van der Waals surface area (Å²) >= 11 is 6.22. The van der Waals surface area contributed by atoms with Crippen LogP contribution in [0.3, 0.4) is 0 Å². The van der Waals surface area contributed by atoms with Gasteiger partial charge >= 0.3 is 12.1 Å². The molecule has 4 rings (SSSR count). The number of anilines is 2. The summed E-state index contributed by atoms with van der Waals surface area (Å²) in [5.41, 5.74) is 10.6. The van der Waals surface area contributed by atoms with Crippen LogP contribution in [0.1, 0.15) is 46.3 Å². The average molecular weight is 534 g/mol. The van der Waals surface area contributed by atoms with Crippen molar-refractivity contribution >= 4 is 46.5 Å². The van der Waals surface area contributed by atoms with Gasteiger partial charge in [0.15, 0.2) is 0 Å². The fourth-order valence-electron chi connectivity index (χ4n) is 4.26. The Morgan fingerprint density at radius 2 is 1.74 bits per heavy atom. The Morgan fingerprint density at radius 1 is 0.974 bits per heavy atom. The number of amides is 2. The number of hydrogen-bond donors (Lipinski definition) is 4. The first-order valence-electron chi connectivity index (χ1n) is 12.2. The Labute approximate surface area is 225 Å². The molecule has 0 radical (unpaired) electrons. The fraction of sp³-hybridized carbons (Fsp3) is 0.207. The van der Waals surface area contributed by atoms with E-state index in [0.717, 1.165) is 22.3 Å². The van der Waals surface area contributed by atoms with Gasteiger partial charge in [0.1, 0.15) is 6.61 Å². The largest absolute Gasteiger partial charge is 0.481 e. The van der Waals surface area contributed by atoms with Crippen molar-refractivity contribution in [3.05, 3.63) is 100 Å². The summed E-state index contributed by atoms with van der Waals surface area (Å²) in [6.07, 6.45) is 2.92. The first-order chi connectivity index (χ1) is 18.3. The highest BCUT2D eigenvalue weighted by atomic mass is 35.5. The smallest absolute Gasteiger partial charge is 0.411 e. The molecule has 8 nitrogen and oxygen atoms in total. The highest BCUT2D eigenvalue weighted by Crippen LogP contribution is 2.32. The number of rotatable bonds is 8. The number of carbonyl (C=O) groups is 3. The lowest BCUT2D eigenvalue weighted by atomic mass is 9.86. The van der Waals surface area contributed by atoms with E-state index in [1.807, 2.05) is 48.5 Å². The van der Waals surface area contributed by atoms with Gasteiger partial charge in [0.05, 0.1) is 5.92 Å². The van der Waals surface area contributed by atoms with Gasteiger partial charge in [-0.25, -0.2) is 4.79 Å². The predicted octanol–water partition coefficient (Wildman–Crippen LogP) is 6.07. The maximum absolute atomic E-state index is 13.1. The Morgan fingerprint density at radius 3 is 2.42 bits per heavy atom. The second-order valence-electron chi connectivity index (χ2n) is 9.03. The molecular formula is C29H28ClN3O5. The lowest BCUT2D eigenvalue weighted by Gasteiger charge is -2.20. The van der Waals surface area contributed by atoms with Gasteiger partial charge in [-0.05, 0) is 71.9 Å². The molecule has 196 valence electrons. The minimum Gasteiger partial charge on any atom is -0.481 e. The van der Waals surface area contributed by atoms with E-state index in [2.05, 4.69) is 10.6 Å². The average Bonchev–Trinajstić information content (AvgIpc) is 2.92. The van der Waals surface area contributed by atoms with Crippen LogP contribution in [-0.2, 0) is 22.7 Å². The number of allylic oxidation sites excluding steroid dienone is 2. The molecule has 0 saturated carbocycles. The van der Waals surface area contributed by atoms with E-state index in [9.17, 15) is 19.5 Å². The SMILES string of the molecule is NCc1cc(NC(=O)c2cc(Cl)cc(NC(=O)OCc3ccccc3)c2)cc(C2=CC[C@H](C(=O)O)CC2)c1. The summed E-state index contributed by atoms with van der Waals surface area (Å²) in [6.45, 7) is 0.381. The third-order valence-electron chi connectivity index (χ3n) is 6.24. The minimum atomic E-state index is -0.788. The summed E-state index contributed by atoms with van der Waals surface area (Å²) in [7, 11) is 0. The zero-order valence-electron chi connectivity index (χ0n) is 20.6. The number of benzene rings is 3. The van der Waals surface area contributed by atoms with E-state index in [1.54, 1.807) is 6.07 Å². The molecule has 1 aliphatic rings. The number of nitrogens with one attached hydrogen (secondary N) is 2. The molecule has 2 amide bonds. The molecule has 0 aliphatic heterocycles. The van der Waals surface area contributed by atoms with Crippen LogP contribution < -0.4 is 16.4 Å². The Kier molecular flexibility index (Phi) is 8.78. The number of hydrogen-bond acceptors (Lipinski definition) is 5. The lowest BCUT2D eigenvalue weighted by molar-refractivity contribution is -0.141. The van der Waals surface area contributed by atoms with Crippen LogP contribution in [0, 0.1) is 5.92 Å². The number of carboxylic acid groups (broad SMARTS) is 1. The molecule has 1 aliphatic carbocycles. The second-order valence-corrected chi connectivity index (χ2v) is 9.47. The van der Waals surface area contributed by atoms with E-state index in [4.69, 9.17) is 22.1 Å². The number of carboxylic acids is 1. The van der Waals surface area contributed by atoms with Crippen molar-refractivity contribution in [3.63, 3.8) is 0 Å². The molecule has 0 heterocycles. The lowest BCUT2D eigenvalue weighted by Crippen LogP contribution is -2.16. The van der Waals surface area contributed by atoms with Crippen LogP contribution in [0.15, 0.2) is 72.8 Å². The second kappa shape index (κ2) is 12.4. The van der Waals surface area contributed by atoms with Gasteiger partial charge in [0.25, 0.3) is 5.91 Å². The van der Waals surface area contributed by atoms with Crippen molar-refractivity contribution in [2.24, 2.45) is 11.7 Å². The van der Waals surface area contributed by atoms with Gasteiger partial charge in [0.2, 0.25) is 0 Å².